The smallest absolute Gasteiger partial charge is 0.143 e. The predicted octanol–water partition coefficient (Wildman–Crippen LogP) is 16.8. The highest BCUT2D eigenvalue weighted by Gasteiger charge is 2.19. The highest BCUT2D eigenvalue weighted by Crippen LogP contribution is 2.43. The van der Waals surface area contributed by atoms with Gasteiger partial charge in [0.05, 0.1) is 11.0 Å². The number of para-hydroxylation sites is 3. The van der Waals surface area contributed by atoms with Crippen LogP contribution in [0.4, 0.5) is 17.1 Å². The highest BCUT2D eigenvalue weighted by atomic mass is 16.3. The zero-order chi connectivity index (χ0) is 41.7. The van der Waals surface area contributed by atoms with Crippen LogP contribution >= 0.6 is 0 Å². The molecule has 0 aliphatic carbocycles. The maximum absolute atomic E-state index is 6.52. The Labute approximate surface area is 366 Å². The molecule has 0 radical (unpaired) electrons. The van der Waals surface area contributed by atoms with E-state index in [4.69, 9.17) is 4.42 Å². The van der Waals surface area contributed by atoms with Crippen LogP contribution in [0.2, 0.25) is 0 Å². The summed E-state index contributed by atoms with van der Waals surface area (Å²) in [5.74, 6) is 0. The first-order valence-electron chi connectivity index (χ1n) is 21.5. The van der Waals surface area contributed by atoms with Gasteiger partial charge in [0.25, 0.3) is 0 Å². The third-order valence-electron chi connectivity index (χ3n) is 12.4. The summed E-state index contributed by atoms with van der Waals surface area (Å²) in [5.41, 5.74) is 17.9. The van der Waals surface area contributed by atoms with Crippen LogP contribution < -0.4 is 4.90 Å². The Morgan fingerprint density at radius 2 is 0.810 bits per heavy atom. The van der Waals surface area contributed by atoms with E-state index in [-0.39, 0.29) is 0 Å². The number of furan rings is 1. The van der Waals surface area contributed by atoms with E-state index in [0.717, 1.165) is 66.9 Å². The van der Waals surface area contributed by atoms with E-state index >= 15 is 0 Å². The lowest BCUT2D eigenvalue weighted by Crippen LogP contribution is -2.10. The Bertz CT molecular complexity index is 3590. The molecule has 12 aromatic rings. The number of benzene rings is 10. The van der Waals surface area contributed by atoms with Gasteiger partial charge in [0.2, 0.25) is 0 Å². The van der Waals surface area contributed by atoms with Gasteiger partial charge >= 0.3 is 0 Å². The first-order valence-corrected chi connectivity index (χ1v) is 21.5. The van der Waals surface area contributed by atoms with Gasteiger partial charge in [-0.05, 0) is 112 Å². The molecule has 0 fully saturated rings. The second kappa shape index (κ2) is 15.3. The fraction of sp³-hybridized carbons (Fsp3) is 0. The van der Waals surface area contributed by atoms with Crippen molar-refractivity contribution in [1.29, 1.82) is 0 Å². The standard InChI is InChI=1S/C60H40N2O/c1-4-15-42(16-5-1)50-21-10-11-22-51(50)44-29-34-48(35-30-44)61(49-36-37-58-55(40-49)53-23-12-13-26-57(53)62(58)46-19-8-3-9-20-46)47-32-27-41(28-33-47)45-31-38-59-56(39-45)54-25-14-24-52(60(54)63-59)43-17-6-2-7-18-43/h1-40H. The van der Waals surface area contributed by atoms with Crippen LogP contribution in [0, 0.1) is 0 Å². The van der Waals surface area contributed by atoms with Gasteiger partial charge in [-0.3, -0.25) is 0 Å². The van der Waals surface area contributed by atoms with Gasteiger partial charge in [-0.2, -0.15) is 0 Å². The van der Waals surface area contributed by atoms with E-state index in [1.807, 2.05) is 6.07 Å². The molecule has 3 nitrogen and oxygen atoms in total. The van der Waals surface area contributed by atoms with Gasteiger partial charge in [0.1, 0.15) is 11.2 Å². The fourth-order valence-electron chi connectivity index (χ4n) is 9.42. The van der Waals surface area contributed by atoms with Crippen molar-refractivity contribution < 1.29 is 4.42 Å². The molecule has 0 bridgehead atoms. The van der Waals surface area contributed by atoms with Gasteiger partial charge in [-0.25, -0.2) is 0 Å². The molecule has 3 heteroatoms. The average Bonchev–Trinajstić information content (AvgIpc) is 3.91. The van der Waals surface area contributed by atoms with E-state index < -0.39 is 0 Å². The summed E-state index contributed by atoms with van der Waals surface area (Å²) in [6.07, 6.45) is 0. The summed E-state index contributed by atoms with van der Waals surface area (Å²) in [4.78, 5) is 2.38. The molecular formula is C60H40N2O. The van der Waals surface area contributed by atoms with Crippen LogP contribution in [0.1, 0.15) is 0 Å². The van der Waals surface area contributed by atoms with E-state index in [9.17, 15) is 0 Å². The van der Waals surface area contributed by atoms with E-state index in [2.05, 4.69) is 246 Å². The molecule has 0 amide bonds. The maximum atomic E-state index is 6.52. The molecule has 0 N–H and O–H groups in total. The molecular weight excluding hydrogens is 765 g/mol. The first-order chi connectivity index (χ1) is 31.2. The molecule has 0 aliphatic heterocycles. The zero-order valence-electron chi connectivity index (χ0n) is 34.4. The number of anilines is 3. The van der Waals surface area contributed by atoms with Gasteiger partial charge in [0, 0.05) is 49.9 Å². The summed E-state index contributed by atoms with van der Waals surface area (Å²) in [7, 11) is 0. The lowest BCUT2D eigenvalue weighted by Gasteiger charge is -2.26. The number of rotatable bonds is 8. The Kier molecular flexibility index (Phi) is 8.83. The second-order valence-electron chi connectivity index (χ2n) is 16.1. The molecule has 296 valence electrons. The number of aromatic nitrogens is 1. The lowest BCUT2D eigenvalue weighted by molar-refractivity contribution is 0.670. The molecule has 10 aromatic carbocycles. The first kappa shape index (κ1) is 36.5. The van der Waals surface area contributed by atoms with Crippen LogP contribution in [-0.2, 0) is 0 Å². The molecule has 12 rings (SSSR count). The molecule has 2 aromatic heterocycles. The van der Waals surface area contributed by atoms with Crippen LogP contribution in [0.5, 0.6) is 0 Å². The van der Waals surface area contributed by atoms with Gasteiger partial charge in [0.15, 0.2) is 0 Å². The van der Waals surface area contributed by atoms with Crippen LogP contribution in [0.25, 0.3) is 93.9 Å². The third-order valence-corrected chi connectivity index (χ3v) is 12.4. The monoisotopic (exact) mass is 804 g/mol. The lowest BCUT2D eigenvalue weighted by atomic mass is 9.94. The van der Waals surface area contributed by atoms with Crippen molar-refractivity contribution in [3.63, 3.8) is 0 Å². The Balaban J connectivity index is 0.970. The molecule has 0 aliphatic rings. The average molecular weight is 805 g/mol. The minimum Gasteiger partial charge on any atom is -0.455 e. The molecule has 2 heterocycles. The minimum absolute atomic E-state index is 0.888. The number of hydrogen-bond acceptors (Lipinski definition) is 2. The molecule has 0 saturated heterocycles. The fourth-order valence-corrected chi connectivity index (χ4v) is 9.42. The van der Waals surface area contributed by atoms with Crippen LogP contribution in [0.3, 0.4) is 0 Å². The van der Waals surface area contributed by atoms with E-state index in [0.29, 0.717) is 0 Å². The van der Waals surface area contributed by atoms with Crippen molar-refractivity contribution in [3.8, 4) is 50.2 Å². The number of fused-ring (bicyclic) bond motifs is 6. The third kappa shape index (κ3) is 6.38. The minimum atomic E-state index is 0.888. The normalized spacial score (nSPS) is 11.5. The van der Waals surface area contributed by atoms with Crippen molar-refractivity contribution in [2.75, 3.05) is 4.90 Å². The second-order valence-corrected chi connectivity index (χ2v) is 16.1. The van der Waals surface area contributed by atoms with Crippen molar-refractivity contribution in [1.82, 2.24) is 4.57 Å². The van der Waals surface area contributed by atoms with Crippen molar-refractivity contribution in [2.45, 2.75) is 0 Å². The maximum Gasteiger partial charge on any atom is 0.143 e. The molecule has 0 saturated carbocycles. The van der Waals surface area contributed by atoms with E-state index in [1.165, 1.54) is 44.1 Å². The van der Waals surface area contributed by atoms with Crippen LogP contribution in [-0.4, -0.2) is 4.57 Å². The summed E-state index contributed by atoms with van der Waals surface area (Å²) in [6, 6.07) is 87.0. The Morgan fingerprint density at radius 3 is 1.51 bits per heavy atom. The Morgan fingerprint density at radius 1 is 0.302 bits per heavy atom. The van der Waals surface area contributed by atoms with E-state index in [1.54, 1.807) is 0 Å². The van der Waals surface area contributed by atoms with Gasteiger partial charge < -0.3 is 13.9 Å². The molecule has 63 heavy (non-hydrogen) atoms. The SMILES string of the molecule is c1ccc(-c2ccccc2-c2ccc(N(c3ccc(-c4ccc5oc6c(-c7ccccc7)cccc6c5c4)cc3)c3ccc4c(c3)c3ccccc3n4-c3ccccc3)cc2)cc1. The quantitative estimate of drug-likeness (QED) is 0.153. The Hall–Kier alpha value is -8.40. The number of nitrogens with zero attached hydrogens (tertiary/aromatic N) is 2. The van der Waals surface area contributed by atoms with Crippen molar-refractivity contribution >= 4 is 60.8 Å². The summed E-state index contributed by atoms with van der Waals surface area (Å²) >= 11 is 0. The predicted molar refractivity (Wildman–Crippen MR) is 264 cm³/mol. The van der Waals surface area contributed by atoms with Gasteiger partial charge in [-0.1, -0.05) is 170 Å². The van der Waals surface area contributed by atoms with Crippen molar-refractivity contribution in [2.24, 2.45) is 0 Å². The highest BCUT2D eigenvalue weighted by molar-refractivity contribution is 6.12. The van der Waals surface area contributed by atoms with Crippen molar-refractivity contribution in [3.05, 3.63) is 243 Å². The zero-order valence-corrected chi connectivity index (χ0v) is 34.4. The molecule has 0 spiro atoms. The molecule has 0 atom stereocenters. The largest absolute Gasteiger partial charge is 0.455 e. The van der Waals surface area contributed by atoms with Crippen LogP contribution in [0.15, 0.2) is 247 Å². The summed E-state index contributed by atoms with van der Waals surface area (Å²) < 4.78 is 8.89. The summed E-state index contributed by atoms with van der Waals surface area (Å²) in [6.45, 7) is 0. The summed E-state index contributed by atoms with van der Waals surface area (Å²) in [5, 5.41) is 4.66. The van der Waals surface area contributed by atoms with Gasteiger partial charge in [-0.15, -0.1) is 0 Å². The molecule has 0 unspecified atom stereocenters. The number of hydrogen-bond donors (Lipinski definition) is 0. The topological polar surface area (TPSA) is 21.3 Å².